The Bertz CT molecular complexity index is 379. The van der Waals surface area contributed by atoms with Crippen LogP contribution < -0.4 is 5.32 Å². The second-order valence-electron chi connectivity index (χ2n) is 5.65. The van der Waals surface area contributed by atoms with Gasteiger partial charge in [0.1, 0.15) is 0 Å². The summed E-state index contributed by atoms with van der Waals surface area (Å²) in [5.41, 5.74) is 1.31. The number of nitrogens with one attached hydrogen (secondary N) is 1. The van der Waals surface area contributed by atoms with Crippen molar-refractivity contribution in [1.29, 1.82) is 0 Å². The first kappa shape index (κ1) is 13.9. The smallest absolute Gasteiger partial charge is 0.0409 e. The molecule has 1 aliphatic rings. The summed E-state index contributed by atoms with van der Waals surface area (Å²) < 4.78 is 0. The van der Waals surface area contributed by atoms with Crippen LogP contribution >= 0.6 is 11.6 Å². The zero-order valence-corrected chi connectivity index (χ0v) is 12.1. The predicted octanol–water partition coefficient (Wildman–Crippen LogP) is 3.16. The van der Waals surface area contributed by atoms with Crippen molar-refractivity contribution in [3.05, 3.63) is 34.9 Å². The molecule has 18 heavy (non-hydrogen) atoms. The largest absolute Gasteiger partial charge is 0.311 e. The van der Waals surface area contributed by atoms with Crippen LogP contribution in [-0.4, -0.2) is 30.6 Å². The van der Waals surface area contributed by atoms with Crippen molar-refractivity contribution in [1.82, 2.24) is 10.2 Å². The van der Waals surface area contributed by atoms with Gasteiger partial charge in [0.25, 0.3) is 0 Å². The molecule has 100 valence electrons. The third-order valence-corrected chi connectivity index (χ3v) is 3.63. The summed E-state index contributed by atoms with van der Waals surface area (Å²) in [6.07, 6.45) is 1.26. The molecule has 3 heteroatoms. The molecule has 0 bridgehead atoms. The molecule has 2 nitrogen and oxygen atoms in total. The van der Waals surface area contributed by atoms with Crippen molar-refractivity contribution in [3.8, 4) is 0 Å². The van der Waals surface area contributed by atoms with E-state index >= 15 is 0 Å². The molecule has 1 unspecified atom stereocenters. The Hall–Kier alpha value is -0.570. The van der Waals surface area contributed by atoms with E-state index < -0.39 is 0 Å². The molecule has 1 aromatic carbocycles. The Kier molecular flexibility index (Phi) is 5.04. The van der Waals surface area contributed by atoms with Crippen LogP contribution in [0, 0.1) is 5.92 Å². The van der Waals surface area contributed by atoms with Crippen molar-refractivity contribution >= 4 is 11.6 Å². The summed E-state index contributed by atoms with van der Waals surface area (Å²) in [5, 5.41) is 4.44. The van der Waals surface area contributed by atoms with Crippen molar-refractivity contribution in [3.63, 3.8) is 0 Å². The van der Waals surface area contributed by atoms with Gasteiger partial charge in [0.2, 0.25) is 0 Å². The van der Waals surface area contributed by atoms with Crippen LogP contribution in [-0.2, 0) is 6.54 Å². The van der Waals surface area contributed by atoms with Gasteiger partial charge in [-0.1, -0.05) is 37.6 Å². The summed E-state index contributed by atoms with van der Waals surface area (Å²) in [7, 11) is 0. The highest BCUT2D eigenvalue weighted by molar-refractivity contribution is 6.30. The fourth-order valence-electron chi connectivity index (χ4n) is 2.66. The first-order chi connectivity index (χ1) is 8.63. The van der Waals surface area contributed by atoms with Crippen molar-refractivity contribution in [2.75, 3.05) is 19.6 Å². The van der Waals surface area contributed by atoms with E-state index in [-0.39, 0.29) is 0 Å². The topological polar surface area (TPSA) is 15.3 Å². The van der Waals surface area contributed by atoms with Crippen LogP contribution in [0.5, 0.6) is 0 Å². The quantitative estimate of drug-likeness (QED) is 0.901. The van der Waals surface area contributed by atoms with Gasteiger partial charge in [0.15, 0.2) is 0 Å². The maximum atomic E-state index is 6.03. The lowest BCUT2D eigenvalue weighted by atomic mass is 10.0. The summed E-state index contributed by atoms with van der Waals surface area (Å²) >= 11 is 6.03. The summed E-state index contributed by atoms with van der Waals surface area (Å²) in [5.74, 6) is 0.758. The minimum Gasteiger partial charge on any atom is -0.311 e. The molecule has 0 aliphatic carbocycles. The molecule has 0 amide bonds. The van der Waals surface area contributed by atoms with Gasteiger partial charge in [-0.3, -0.25) is 4.90 Å². The van der Waals surface area contributed by atoms with Gasteiger partial charge in [-0.2, -0.15) is 0 Å². The Morgan fingerprint density at radius 2 is 2.28 bits per heavy atom. The molecule has 1 N–H and O–H groups in total. The predicted molar refractivity (Wildman–Crippen MR) is 78.0 cm³/mol. The van der Waals surface area contributed by atoms with Crippen LogP contribution in [0.15, 0.2) is 24.3 Å². The van der Waals surface area contributed by atoms with E-state index in [1.165, 1.54) is 12.0 Å². The second kappa shape index (κ2) is 6.55. The lowest BCUT2D eigenvalue weighted by Crippen LogP contribution is -2.50. The summed E-state index contributed by atoms with van der Waals surface area (Å²) in [6, 6.07) is 8.83. The molecular weight excluding hydrogens is 244 g/mol. The molecule has 0 saturated carbocycles. The average Bonchev–Trinajstić information content (AvgIpc) is 2.28. The fraction of sp³-hybridized carbons (Fsp3) is 0.600. The Labute approximate surface area is 115 Å². The van der Waals surface area contributed by atoms with Gasteiger partial charge in [-0.05, 0) is 30.0 Å². The van der Waals surface area contributed by atoms with Gasteiger partial charge < -0.3 is 5.32 Å². The van der Waals surface area contributed by atoms with Crippen molar-refractivity contribution in [2.24, 2.45) is 5.92 Å². The van der Waals surface area contributed by atoms with Gasteiger partial charge in [-0.25, -0.2) is 0 Å². The summed E-state index contributed by atoms with van der Waals surface area (Å²) in [4.78, 5) is 2.52. The van der Waals surface area contributed by atoms with Crippen molar-refractivity contribution < 1.29 is 0 Å². The lowest BCUT2D eigenvalue weighted by molar-refractivity contribution is 0.179. The molecule has 1 heterocycles. The number of rotatable bonds is 4. The van der Waals surface area contributed by atoms with Gasteiger partial charge in [0.05, 0.1) is 0 Å². The highest BCUT2D eigenvalue weighted by Gasteiger charge is 2.19. The Balaban J connectivity index is 1.89. The molecular formula is C15H23ClN2. The number of hydrogen-bond acceptors (Lipinski definition) is 2. The van der Waals surface area contributed by atoms with Gasteiger partial charge in [-0.15, -0.1) is 0 Å². The third kappa shape index (κ3) is 4.27. The van der Waals surface area contributed by atoms with Crippen LogP contribution in [0.3, 0.4) is 0 Å². The third-order valence-electron chi connectivity index (χ3n) is 3.39. The molecule has 1 saturated heterocycles. The van der Waals surface area contributed by atoms with Crippen LogP contribution in [0.2, 0.25) is 5.02 Å². The van der Waals surface area contributed by atoms with E-state index in [9.17, 15) is 0 Å². The second-order valence-corrected chi connectivity index (χ2v) is 6.08. The number of halogens is 1. The van der Waals surface area contributed by atoms with E-state index in [4.69, 9.17) is 11.6 Å². The standard InChI is InChI=1S/C15H23ClN2/c1-12(2)8-15-11-18(7-6-17-15)10-13-4-3-5-14(16)9-13/h3-5,9,12,15,17H,6-8,10-11H2,1-2H3. The van der Waals surface area contributed by atoms with Gasteiger partial charge in [0, 0.05) is 37.2 Å². The summed E-state index contributed by atoms with van der Waals surface area (Å²) in [6.45, 7) is 8.95. The molecule has 2 rings (SSSR count). The number of hydrogen-bond donors (Lipinski definition) is 1. The van der Waals surface area contributed by atoms with E-state index in [0.29, 0.717) is 6.04 Å². The average molecular weight is 267 g/mol. The zero-order chi connectivity index (χ0) is 13.0. The maximum absolute atomic E-state index is 6.03. The SMILES string of the molecule is CC(C)CC1CN(Cc2cccc(Cl)c2)CCN1. The van der Waals surface area contributed by atoms with E-state index in [1.54, 1.807) is 0 Å². The highest BCUT2D eigenvalue weighted by Crippen LogP contribution is 2.15. The fourth-order valence-corrected chi connectivity index (χ4v) is 2.87. The van der Waals surface area contributed by atoms with E-state index in [0.717, 1.165) is 37.1 Å². The molecule has 1 aromatic rings. The lowest BCUT2D eigenvalue weighted by Gasteiger charge is -2.34. The molecule has 1 aliphatic heterocycles. The van der Waals surface area contributed by atoms with Crippen LogP contribution in [0.25, 0.3) is 0 Å². The van der Waals surface area contributed by atoms with E-state index in [2.05, 4.69) is 36.2 Å². The minimum absolute atomic E-state index is 0.637. The normalized spacial score (nSPS) is 21.4. The molecule has 0 aromatic heterocycles. The van der Waals surface area contributed by atoms with Crippen LogP contribution in [0.4, 0.5) is 0 Å². The minimum atomic E-state index is 0.637. The Morgan fingerprint density at radius 3 is 3.00 bits per heavy atom. The first-order valence-corrected chi connectivity index (χ1v) is 7.21. The number of benzene rings is 1. The monoisotopic (exact) mass is 266 g/mol. The number of nitrogens with zero attached hydrogens (tertiary/aromatic N) is 1. The number of piperazine rings is 1. The van der Waals surface area contributed by atoms with Crippen LogP contribution in [0.1, 0.15) is 25.8 Å². The first-order valence-electron chi connectivity index (χ1n) is 6.83. The zero-order valence-electron chi connectivity index (χ0n) is 11.3. The maximum Gasteiger partial charge on any atom is 0.0409 e. The van der Waals surface area contributed by atoms with E-state index in [1.807, 2.05) is 12.1 Å². The molecule has 0 radical (unpaired) electrons. The van der Waals surface area contributed by atoms with Gasteiger partial charge >= 0.3 is 0 Å². The highest BCUT2D eigenvalue weighted by atomic mass is 35.5. The van der Waals surface area contributed by atoms with Crippen molar-refractivity contribution in [2.45, 2.75) is 32.9 Å². The Morgan fingerprint density at radius 1 is 1.44 bits per heavy atom. The molecule has 0 spiro atoms. The molecule has 1 atom stereocenters. The molecule has 1 fully saturated rings.